The molecule has 0 saturated heterocycles. The van der Waals surface area contributed by atoms with Crippen LogP contribution in [0.4, 0.5) is 5.13 Å². The van der Waals surface area contributed by atoms with Gasteiger partial charge in [-0.15, -0.1) is 0 Å². The summed E-state index contributed by atoms with van der Waals surface area (Å²) in [6, 6.07) is 10.8. The van der Waals surface area contributed by atoms with Gasteiger partial charge < -0.3 is 10.1 Å². The van der Waals surface area contributed by atoms with E-state index in [1.807, 2.05) is 0 Å². The first kappa shape index (κ1) is 19.6. The Labute approximate surface area is 165 Å². The van der Waals surface area contributed by atoms with Crippen LogP contribution >= 0.6 is 22.9 Å². The number of nitrogens with zero attached hydrogens (tertiary/aromatic N) is 1. The third kappa shape index (κ3) is 4.75. The minimum Gasteiger partial charge on any atom is -0.383 e. The Morgan fingerprint density at radius 2 is 1.96 bits per heavy atom. The molecule has 1 aromatic heterocycles. The fraction of sp³-hybridized carbons (Fsp3) is 0.176. The number of methoxy groups -OCH3 is 1. The lowest BCUT2D eigenvalue weighted by Crippen LogP contribution is -2.26. The van der Waals surface area contributed by atoms with E-state index in [1.165, 1.54) is 24.3 Å². The molecule has 0 spiro atoms. The average Bonchev–Trinajstić information content (AvgIpc) is 3.02. The van der Waals surface area contributed by atoms with Gasteiger partial charge in [0, 0.05) is 24.2 Å². The number of halogens is 1. The van der Waals surface area contributed by atoms with Crippen LogP contribution in [-0.4, -0.2) is 39.6 Å². The topological polar surface area (TPSA) is 97.4 Å². The number of thiazole rings is 1. The van der Waals surface area contributed by atoms with Crippen LogP contribution in [0.5, 0.6) is 0 Å². The normalized spacial score (nSPS) is 11.5. The highest BCUT2D eigenvalue weighted by Crippen LogP contribution is 2.28. The van der Waals surface area contributed by atoms with Gasteiger partial charge in [0.2, 0.25) is 0 Å². The molecule has 0 atom stereocenters. The molecule has 2 N–H and O–H groups in total. The van der Waals surface area contributed by atoms with Crippen molar-refractivity contribution in [3.63, 3.8) is 0 Å². The number of ether oxygens (including phenoxy) is 1. The molecule has 10 heteroatoms. The number of fused-ring (bicyclic) bond motifs is 1. The predicted molar refractivity (Wildman–Crippen MR) is 106 cm³/mol. The molecule has 0 aliphatic carbocycles. The van der Waals surface area contributed by atoms with E-state index < -0.39 is 10.0 Å². The molecular weight excluding hydrogens is 410 g/mol. The zero-order valence-corrected chi connectivity index (χ0v) is 16.6. The number of hydrogen-bond donors (Lipinski definition) is 2. The fourth-order valence-electron chi connectivity index (χ4n) is 2.27. The number of nitrogens with one attached hydrogen (secondary N) is 2. The maximum Gasteiger partial charge on any atom is 0.263 e. The number of aromatic nitrogens is 1. The van der Waals surface area contributed by atoms with Gasteiger partial charge >= 0.3 is 0 Å². The Bertz CT molecular complexity index is 1070. The van der Waals surface area contributed by atoms with Crippen LogP contribution in [0.2, 0.25) is 5.02 Å². The van der Waals surface area contributed by atoms with Crippen molar-refractivity contribution >= 4 is 54.2 Å². The summed E-state index contributed by atoms with van der Waals surface area (Å²) in [4.78, 5) is 16.5. The Morgan fingerprint density at radius 3 is 2.67 bits per heavy atom. The van der Waals surface area contributed by atoms with Crippen LogP contribution in [0.1, 0.15) is 10.4 Å². The molecule has 142 valence electrons. The van der Waals surface area contributed by atoms with Gasteiger partial charge in [0.15, 0.2) is 5.13 Å². The number of carbonyl (C=O) groups excluding carboxylic acids is 1. The number of rotatable bonds is 7. The van der Waals surface area contributed by atoms with Crippen LogP contribution in [0.25, 0.3) is 10.2 Å². The number of amides is 1. The van der Waals surface area contributed by atoms with Crippen molar-refractivity contribution in [1.82, 2.24) is 10.3 Å². The highest BCUT2D eigenvalue weighted by Gasteiger charge is 2.17. The Morgan fingerprint density at radius 1 is 1.22 bits per heavy atom. The summed E-state index contributed by atoms with van der Waals surface area (Å²) in [7, 11) is -2.22. The lowest BCUT2D eigenvalue weighted by atomic mass is 10.2. The molecule has 2 aromatic carbocycles. The van der Waals surface area contributed by atoms with Crippen molar-refractivity contribution in [2.75, 3.05) is 25.0 Å². The summed E-state index contributed by atoms with van der Waals surface area (Å²) in [5.74, 6) is -0.231. The van der Waals surface area contributed by atoms with Crippen molar-refractivity contribution in [3.8, 4) is 0 Å². The third-order valence-corrected chi connectivity index (χ3v) is 6.26. The van der Waals surface area contributed by atoms with E-state index in [2.05, 4.69) is 15.0 Å². The second-order valence-corrected chi connectivity index (χ2v) is 8.66. The van der Waals surface area contributed by atoms with E-state index in [4.69, 9.17) is 16.3 Å². The molecule has 7 nitrogen and oxygen atoms in total. The fourth-order valence-corrected chi connectivity index (χ4v) is 4.53. The summed E-state index contributed by atoms with van der Waals surface area (Å²) in [5, 5.41) is 3.40. The number of sulfonamides is 1. The molecule has 0 unspecified atom stereocenters. The summed E-state index contributed by atoms with van der Waals surface area (Å²) >= 11 is 6.94. The van der Waals surface area contributed by atoms with E-state index in [1.54, 1.807) is 25.3 Å². The summed E-state index contributed by atoms with van der Waals surface area (Å²) in [5.41, 5.74) is 1.07. The smallest absolute Gasteiger partial charge is 0.263 e. The number of carbonyl (C=O) groups is 1. The molecule has 3 rings (SSSR count). The first-order chi connectivity index (χ1) is 12.9. The van der Waals surface area contributed by atoms with Gasteiger partial charge in [0.05, 0.1) is 21.7 Å². The van der Waals surface area contributed by atoms with E-state index in [9.17, 15) is 13.2 Å². The first-order valence-corrected chi connectivity index (χ1v) is 10.5. The Balaban J connectivity index is 1.80. The van der Waals surface area contributed by atoms with Crippen LogP contribution in [0, 0.1) is 0 Å². The van der Waals surface area contributed by atoms with Gasteiger partial charge in [-0.25, -0.2) is 13.4 Å². The standard InChI is InChI=1S/C17H16ClN3O4S2/c1-25-9-8-19-16(22)11-2-7-14-15(10-11)26-17(20-14)21-27(23,24)13-5-3-12(18)4-6-13/h2-7,10H,8-9H2,1H3,(H,19,22)(H,20,21). The molecule has 27 heavy (non-hydrogen) atoms. The van der Waals surface area contributed by atoms with Crippen molar-refractivity contribution < 1.29 is 17.9 Å². The Kier molecular flexibility index (Phi) is 5.95. The molecule has 1 heterocycles. The van der Waals surface area contributed by atoms with Gasteiger partial charge in [-0.05, 0) is 42.5 Å². The zero-order valence-electron chi connectivity index (χ0n) is 14.2. The van der Waals surface area contributed by atoms with E-state index in [0.29, 0.717) is 34.0 Å². The van der Waals surface area contributed by atoms with Crippen molar-refractivity contribution in [1.29, 1.82) is 0 Å². The van der Waals surface area contributed by atoms with Gasteiger partial charge in [0.1, 0.15) is 0 Å². The minimum atomic E-state index is -3.77. The van der Waals surface area contributed by atoms with E-state index in [0.717, 1.165) is 11.3 Å². The lowest BCUT2D eigenvalue weighted by molar-refractivity contribution is 0.0937. The highest BCUT2D eigenvalue weighted by molar-refractivity contribution is 7.93. The predicted octanol–water partition coefficient (Wildman–Crippen LogP) is 3.13. The summed E-state index contributed by atoms with van der Waals surface area (Å²) in [6.45, 7) is 0.827. The summed E-state index contributed by atoms with van der Waals surface area (Å²) in [6.07, 6.45) is 0. The SMILES string of the molecule is COCCNC(=O)c1ccc2nc(NS(=O)(=O)c3ccc(Cl)cc3)sc2c1. The van der Waals surface area contributed by atoms with Crippen LogP contribution in [-0.2, 0) is 14.8 Å². The van der Waals surface area contributed by atoms with Gasteiger partial charge in [0.25, 0.3) is 15.9 Å². The molecule has 0 aliphatic rings. The number of anilines is 1. The van der Waals surface area contributed by atoms with Crippen molar-refractivity contribution in [2.45, 2.75) is 4.90 Å². The van der Waals surface area contributed by atoms with E-state index >= 15 is 0 Å². The maximum atomic E-state index is 12.4. The minimum absolute atomic E-state index is 0.0874. The Hall–Kier alpha value is -2.20. The monoisotopic (exact) mass is 425 g/mol. The second kappa shape index (κ2) is 8.22. The zero-order chi connectivity index (χ0) is 19.4. The van der Waals surface area contributed by atoms with Crippen LogP contribution in [0.3, 0.4) is 0 Å². The largest absolute Gasteiger partial charge is 0.383 e. The quantitative estimate of drug-likeness (QED) is 0.567. The molecule has 1 amide bonds. The molecule has 0 bridgehead atoms. The van der Waals surface area contributed by atoms with Crippen molar-refractivity contribution in [2.24, 2.45) is 0 Å². The first-order valence-electron chi connectivity index (χ1n) is 7.85. The summed E-state index contributed by atoms with van der Waals surface area (Å²) < 4.78 is 32.9. The van der Waals surface area contributed by atoms with Gasteiger partial charge in [-0.2, -0.15) is 0 Å². The molecule has 3 aromatic rings. The maximum absolute atomic E-state index is 12.4. The second-order valence-electron chi connectivity index (χ2n) is 5.51. The van der Waals surface area contributed by atoms with E-state index in [-0.39, 0.29) is 15.9 Å². The lowest BCUT2D eigenvalue weighted by Gasteiger charge is -2.04. The van der Waals surface area contributed by atoms with Gasteiger partial charge in [-0.1, -0.05) is 22.9 Å². The number of benzene rings is 2. The molecule has 0 saturated carbocycles. The molecule has 0 radical (unpaired) electrons. The third-order valence-electron chi connectivity index (χ3n) is 3.59. The number of hydrogen-bond acceptors (Lipinski definition) is 6. The van der Waals surface area contributed by atoms with Gasteiger partial charge in [-0.3, -0.25) is 9.52 Å². The molecule has 0 aliphatic heterocycles. The average molecular weight is 426 g/mol. The molecular formula is C17H16ClN3O4S2. The van der Waals surface area contributed by atoms with Crippen LogP contribution in [0.15, 0.2) is 47.4 Å². The molecule has 0 fully saturated rings. The highest BCUT2D eigenvalue weighted by atomic mass is 35.5. The van der Waals surface area contributed by atoms with Crippen LogP contribution < -0.4 is 10.0 Å². The van der Waals surface area contributed by atoms with Crippen molar-refractivity contribution in [3.05, 3.63) is 53.1 Å².